The molecule has 192 valence electrons. The topological polar surface area (TPSA) is 96.9 Å². The summed E-state index contributed by atoms with van der Waals surface area (Å²) in [6, 6.07) is 17.7. The van der Waals surface area contributed by atoms with Gasteiger partial charge in [0, 0.05) is 17.2 Å². The lowest BCUT2D eigenvalue weighted by molar-refractivity contribution is -0.138. The lowest BCUT2D eigenvalue weighted by atomic mass is 9.89. The van der Waals surface area contributed by atoms with Crippen molar-refractivity contribution in [3.63, 3.8) is 0 Å². The first kappa shape index (κ1) is 25.8. The number of aliphatic carboxylic acids is 1. The zero-order chi connectivity index (χ0) is 26.4. The lowest BCUT2D eigenvalue weighted by Crippen LogP contribution is -2.29. The SMILES string of the molecule is O=C(O)C[C@@H](c1ccc(OCc2cccc(NC(=O)c3ccc(C(F)(F)F)cc3)c2)cc1)C1C=CON1. The highest BCUT2D eigenvalue weighted by Gasteiger charge is 2.30. The van der Waals surface area contributed by atoms with E-state index in [1.54, 1.807) is 48.5 Å². The van der Waals surface area contributed by atoms with E-state index in [9.17, 15) is 27.9 Å². The van der Waals surface area contributed by atoms with Gasteiger partial charge in [-0.1, -0.05) is 24.3 Å². The second-order valence-corrected chi connectivity index (χ2v) is 8.38. The number of hydrogen-bond acceptors (Lipinski definition) is 5. The lowest BCUT2D eigenvalue weighted by Gasteiger charge is -2.20. The molecular formula is C27H23F3N2O5. The van der Waals surface area contributed by atoms with Crippen LogP contribution in [0.3, 0.4) is 0 Å². The number of carboxylic acids is 1. The summed E-state index contributed by atoms with van der Waals surface area (Å²) < 4.78 is 44.0. The van der Waals surface area contributed by atoms with Gasteiger partial charge in [0.2, 0.25) is 0 Å². The number of carboxylic acid groups (broad SMARTS) is 1. The molecule has 37 heavy (non-hydrogen) atoms. The average molecular weight is 512 g/mol. The molecule has 1 aliphatic rings. The quantitative estimate of drug-likeness (QED) is 0.350. The number of hydrogen-bond donors (Lipinski definition) is 3. The standard InChI is InChI=1S/C27H23F3N2O5/c28-27(29,30)20-8-4-19(5-9-20)26(35)31-21-3-1-2-17(14-21)16-36-22-10-6-18(7-11-22)23(15-25(33)34)24-12-13-37-32-24/h1-14,23-24,32H,15-16H2,(H,31,35)(H,33,34)/t23-,24?/m0/s1. The van der Waals surface area contributed by atoms with E-state index in [4.69, 9.17) is 9.57 Å². The summed E-state index contributed by atoms with van der Waals surface area (Å²) in [5.74, 6) is -1.20. The van der Waals surface area contributed by atoms with Crippen LogP contribution in [0, 0.1) is 0 Å². The minimum atomic E-state index is -4.47. The first-order valence-corrected chi connectivity index (χ1v) is 11.3. The molecule has 3 N–H and O–H groups in total. The van der Waals surface area contributed by atoms with Crippen molar-refractivity contribution in [1.82, 2.24) is 5.48 Å². The minimum absolute atomic E-state index is 0.0729. The monoisotopic (exact) mass is 512 g/mol. The van der Waals surface area contributed by atoms with Crippen molar-refractivity contribution < 1.29 is 37.4 Å². The predicted octanol–water partition coefficient (Wildman–Crippen LogP) is 5.51. The third-order valence-electron chi connectivity index (χ3n) is 5.76. The van der Waals surface area contributed by atoms with E-state index in [1.165, 1.54) is 6.26 Å². The van der Waals surface area contributed by atoms with Gasteiger partial charge in [-0.05, 0) is 65.7 Å². The molecule has 0 bridgehead atoms. The second kappa shape index (κ2) is 11.2. The number of benzene rings is 3. The fourth-order valence-corrected chi connectivity index (χ4v) is 3.87. The van der Waals surface area contributed by atoms with Crippen molar-refractivity contribution in [2.24, 2.45) is 0 Å². The van der Waals surface area contributed by atoms with Gasteiger partial charge in [0.05, 0.1) is 18.0 Å². The van der Waals surface area contributed by atoms with E-state index in [-0.39, 0.29) is 30.6 Å². The molecule has 0 spiro atoms. The number of amides is 1. The number of halogens is 3. The fraction of sp³-hybridized carbons (Fsp3) is 0.185. The van der Waals surface area contributed by atoms with Gasteiger partial charge in [0.15, 0.2) is 0 Å². The van der Waals surface area contributed by atoms with Gasteiger partial charge in [-0.15, -0.1) is 5.48 Å². The van der Waals surface area contributed by atoms with Crippen molar-refractivity contribution in [3.05, 3.63) is 107 Å². The Kier molecular flexibility index (Phi) is 7.78. The number of alkyl halides is 3. The van der Waals surface area contributed by atoms with Crippen LogP contribution < -0.4 is 15.5 Å². The van der Waals surface area contributed by atoms with Crippen LogP contribution in [0.4, 0.5) is 18.9 Å². The van der Waals surface area contributed by atoms with Crippen LogP contribution in [-0.2, 0) is 22.4 Å². The van der Waals surface area contributed by atoms with E-state index < -0.39 is 23.6 Å². The fourth-order valence-electron chi connectivity index (χ4n) is 3.87. The first-order chi connectivity index (χ1) is 17.7. The smallest absolute Gasteiger partial charge is 0.416 e. The van der Waals surface area contributed by atoms with Crippen LogP contribution >= 0.6 is 0 Å². The average Bonchev–Trinajstić information content (AvgIpc) is 3.41. The molecule has 0 aromatic heterocycles. The molecule has 7 nitrogen and oxygen atoms in total. The van der Waals surface area contributed by atoms with Crippen LogP contribution in [0.15, 0.2) is 85.1 Å². The third-order valence-corrected chi connectivity index (χ3v) is 5.76. The van der Waals surface area contributed by atoms with Crippen molar-refractivity contribution in [3.8, 4) is 5.75 Å². The Morgan fingerprint density at radius 3 is 2.41 bits per heavy atom. The number of nitrogens with one attached hydrogen (secondary N) is 2. The second-order valence-electron chi connectivity index (χ2n) is 8.38. The number of hydroxylamine groups is 1. The van der Waals surface area contributed by atoms with E-state index in [0.717, 1.165) is 35.4 Å². The van der Waals surface area contributed by atoms with Gasteiger partial charge in [-0.2, -0.15) is 13.2 Å². The largest absolute Gasteiger partial charge is 0.489 e. The van der Waals surface area contributed by atoms with Gasteiger partial charge >= 0.3 is 12.1 Å². The van der Waals surface area contributed by atoms with Crippen molar-refractivity contribution in [2.75, 3.05) is 5.32 Å². The minimum Gasteiger partial charge on any atom is -0.489 e. The van der Waals surface area contributed by atoms with Crippen molar-refractivity contribution >= 4 is 17.6 Å². The van der Waals surface area contributed by atoms with Gasteiger partial charge < -0.3 is 20.0 Å². The molecule has 1 aliphatic heterocycles. The number of ether oxygens (including phenoxy) is 1. The van der Waals surface area contributed by atoms with Crippen LogP contribution in [0.5, 0.6) is 5.75 Å². The van der Waals surface area contributed by atoms with Crippen LogP contribution in [0.2, 0.25) is 0 Å². The molecule has 0 fully saturated rings. The van der Waals surface area contributed by atoms with Gasteiger partial charge in [0.1, 0.15) is 18.6 Å². The van der Waals surface area contributed by atoms with Crippen LogP contribution in [0.25, 0.3) is 0 Å². The Morgan fingerprint density at radius 1 is 1.05 bits per heavy atom. The molecule has 2 atom stereocenters. The highest BCUT2D eigenvalue weighted by atomic mass is 19.4. The Labute approximate surface area is 210 Å². The summed E-state index contributed by atoms with van der Waals surface area (Å²) in [7, 11) is 0. The van der Waals surface area contributed by atoms with Crippen LogP contribution in [-0.4, -0.2) is 23.0 Å². The molecule has 0 radical (unpaired) electrons. The summed E-state index contributed by atoms with van der Waals surface area (Å²) in [6.07, 6.45) is -1.29. The van der Waals surface area contributed by atoms with Gasteiger partial charge in [-0.25, -0.2) is 0 Å². The third kappa shape index (κ3) is 6.89. The highest BCUT2D eigenvalue weighted by Crippen LogP contribution is 2.30. The maximum atomic E-state index is 12.7. The molecule has 4 rings (SSSR count). The molecule has 10 heteroatoms. The zero-order valence-electron chi connectivity index (χ0n) is 19.4. The number of anilines is 1. The molecule has 1 unspecified atom stereocenters. The van der Waals surface area contributed by atoms with Crippen LogP contribution in [0.1, 0.15) is 39.4 Å². The maximum absolute atomic E-state index is 12.7. The Balaban J connectivity index is 1.36. The molecule has 0 saturated carbocycles. The van der Waals surface area contributed by atoms with Gasteiger partial charge in [-0.3, -0.25) is 9.59 Å². The first-order valence-electron chi connectivity index (χ1n) is 11.3. The van der Waals surface area contributed by atoms with E-state index in [0.29, 0.717) is 11.4 Å². The highest BCUT2D eigenvalue weighted by molar-refractivity contribution is 6.04. The normalized spacial score (nSPS) is 15.6. The maximum Gasteiger partial charge on any atom is 0.416 e. The molecule has 1 amide bonds. The molecule has 1 heterocycles. The Bertz CT molecular complexity index is 1270. The summed E-state index contributed by atoms with van der Waals surface area (Å²) in [4.78, 5) is 28.8. The zero-order valence-corrected chi connectivity index (χ0v) is 19.4. The van der Waals surface area contributed by atoms with Crippen molar-refractivity contribution in [1.29, 1.82) is 0 Å². The number of carbonyl (C=O) groups is 2. The number of carbonyl (C=O) groups excluding carboxylic acids is 1. The summed E-state index contributed by atoms with van der Waals surface area (Å²) in [6.45, 7) is 0.197. The molecule has 0 saturated heterocycles. The summed E-state index contributed by atoms with van der Waals surface area (Å²) in [5.41, 5.74) is 4.10. The molecule has 0 aliphatic carbocycles. The Morgan fingerprint density at radius 2 is 1.78 bits per heavy atom. The summed E-state index contributed by atoms with van der Waals surface area (Å²) in [5, 5.41) is 11.9. The number of rotatable bonds is 9. The van der Waals surface area contributed by atoms with Gasteiger partial charge in [0.25, 0.3) is 5.91 Å². The molecule has 3 aromatic carbocycles. The van der Waals surface area contributed by atoms with Crippen molar-refractivity contribution in [2.45, 2.75) is 31.2 Å². The van der Waals surface area contributed by atoms with E-state index in [1.807, 2.05) is 6.07 Å². The molecule has 3 aromatic rings. The molecular weight excluding hydrogens is 489 g/mol. The predicted molar refractivity (Wildman–Crippen MR) is 129 cm³/mol. The summed E-state index contributed by atoms with van der Waals surface area (Å²) >= 11 is 0. The van der Waals surface area contributed by atoms with E-state index >= 15 is 0 Å². The van der Waals surface area contributed by atoms with E-state index in [2.05, 4.69) is 10.8 Å². The Hall–Kier alpha value is -4.31.